The van der Waals surface area contributed by atoms with Crippen molar-refractivity contribution in [1.29, 1.82) is 0 Å². The number of aromatic nitrogens is 2. The summed E-state index contributed by atoms with van der Waals surface area (Å²) in [6.07, 6.45) is 3.68. The van der Waals surface area contributed by atoms with Crippen molar-refractivity contribution in [2.24, 2.45) is 7.05 Å². The van der Waals surface area contributed by atoms with Crippen LogP contribution in [0.5, 0.6) is 0 Å². The van der Waals surface area contributed by atoms with Gasteiger partial charge in [0.25, 0.3) is 0 Å². The molecule has 1 heterocycles. The van der Waals surface area contributed by atoms with Crippen LogP contribution < -0.4 is 5.32 Å². The molecule has 84 valence electrons. The van der Waals surface area contributed by atoms with Crippen molar-refractivity contribution in [3.05, 3.63) is 47.0 Å². The fraction of sp³-hybridized carbons (Fsp3) is 0.182. The first kappa shape index (κ1) is 11.0. The summed E-state index contributed by atoms with van der Waals surface area (Å²) in [5, 5.41) is 7.55. The van der Waals surface area contributed by atoms with Crippen LogP contribution in [0.1, 0.15) is 5.56 Å². The second kappa shape index (κ2) is 4.53. The van der Waals surface area contributed by atoms with Gasteiger partial charge in [0.05, 0.1) is 16.9 Å². The van der Waals surface area contributed by atoms with Crippen molar-refractivity contribution < 1.29 is 4.39 Å². The molecule has 0 aliphatic carbocycles. The van der Waals surface area contributed by atoms with Crippen LogP contribution in [0.15, 0.2) is 30.6 Å². The molecule has 5 heteroatoms. The largest absolute Gasteiger partial charge is 0.380 e. The van der Waals surface area contributed by atoms with Gasteiger partial charge in [0.1, 0.15) is 5.82 Å². The number of nitrogens with zero attached hydrogens (tertiary/aromatic N) is 2. The zero-order chi connectivity index (χ0) is 11.5. The molecule has 0 bridgehead atoms. The maximum Gasteiger partial charge on any atom is 0.124 e. The monoisotopic (exact) mass is 239 g/mol. The summed E-state index contributed by atoms with van der Waals surface area (Å²) in [7, 11) is 1.86. The zero-order valence-electron chi connectivity index (χ0n) is 8.74. The van der Waals surface area contributed by atoms with E-state index in [4.69, 9.17) is 11.6 Å². The Labute approximate surface area is 97.8 Å². The Balaban J connectivity index is 2.04. The first-order valence-corrected chi connectivity index (χ1v) is 5.19. The van der Waals surface area contributed by atoms with Gasteiger partial charge in [-0.05, 0) is 18.2 Å². The molecule has 0 saturated carbocycles. The van der Waals surface area contributed by atoms with E-state index < -0.39 is 0 Å². The number of hydrogen-bond acceptors (Lipinski definition) is 2. The zero-order valence-corrected chi connectivity index (χ0v) is 9.50. The van der Waals surface area contributed by atoms with Crippen LogP contribution in [0.2, 0.25) is 5.02 Å². The molecule has 2 aromatic rings. The quantitative estimate of drug-likeness (QED) is 0.893. The highest BCUT2D eigenvalue weighted by Gasteiger charge is 2.02. The maximum atomic E-state index is 12.8. The van der Waals surface area contributed by atoms with Gasteiger partial charge < -0.3 is 5.32 Å². The molecule has 16 heavy (non-hydrogen) atoms. The molecular formula is C11H11ClFN3. The summed E-state index contributed by atoms with van der Waals surface area (Å²) in [6.45, 7) is 0.610. The number of aryl methyl sites for hydroxylation is 1. The molecule has 0 saturated heterocycles. The lowest BCUT2D eigenvalue weighted by atomic mass is 10.3. The van der Waals surface area contributed by atoms with Crippen LogP contribution >= 0.6 is 11.6 Å². The molecule has 0 unspecified atom stereocenters. The molecule has 0 radical (unpaired) electrons. The molecule has 1 N–H and O–H groups in total. The fourth-order valence-electron chi connectivity index (χ4n) is 1.39. The Morgan fingerprint density at radius 2 is 2.31 bits per heavy atom. The Hall–Kier alpha value is -1.55. The Kier molecular flexibility index (Phi) is 3.10. The Morgan fingerprint density at radius 1 is 1.50 bits per heavy atom. The molecule has 0 fully saturated rings. The van der Waals surface area contributed by atoms with Crippen molar-refractivity contribution in [2.45, 2.75) is 6.54 Å². The lowest BCUT2D eigenvalue weighted by molar-refractivity contribution is 0.628. The molecule has 0 aliphatic rings. The number of rotatable bonds is 3. The van der Waals surface area contributed by atoms with E-state index in [1.165, 1.54) is 12.1 Å². The minimum atomic E-state index is -0.336. The van der Waals surface area contributed by atoms with E-state index in [2.05, 4.69) is 10.4 Å². The predicted octanol–water partition coefficient (Wildman–Crippen LogP) is 2.82. The van der Waals surface area contributed by atoms with Crippen LogP contribution in [-0.2, 0) is 13.6 Å². The van der Waals surface area contributed by atoms with Gasteiger partial charge >= 0.3 is 0 Å². The number of halogens is 2. The van der Waals surface area contributed by atoms with E-state index in [1.807, 2.05) is 13.2 Å². The summed E-state index contributed by atoms with van der Waals surface area (Å²) in [5.74, 6) is -0.336. The second-order valence-corrected chi connectivity index (χ2v) is 3.91. The van der Waals surface area contributed by atoms with Crippen LogP contribution in [0.3, 0.4) is 0 Å². The molecular weight excluding hydrogens is 229 g/mol. The average molecular weight is 240 g/mol. The highest BCUT2D eigenvalue weighted by Crippen LogP contribution is 2.22. The molecule has 0 amide bonds. The van der Waals surface area contributed by atoms with E-state index in [-0.39, 0.29) is 5.82 Å². The van der Waals surface area contributed by atoms with E-state index >= 15 is 0 Å². The number of benzene rings is 1. The van der Waals surface area contributed by atoms with Gasteiger partial charge in [-0.1, -0.05) is 11.6 Å². The van der Waals surface area contributed by atoms with Crippen LogP contribution in [0, 0.1) is 5.82 Å². The van der Waals surface area contributed by atoms with Gasteiger partial charge in [0.2, 0.25) is 0 Å². The smallest absolute Gasteiger partial charge is 0.124 e. The Morgan fingerprint density at radius 3 is 2.94 bits per heavy atom. The van der Waals surface area contributed by atoms with Gasteiger partial charge in [0.15, 0.2) is 0 Å². The molecule has 2 rings (SSSR count). The van der Waals surface area contributed by atoms with Crippen molar-refractivity contribution in [3.8, 4) is 0 Å². The second-order valence-electron chi connectivity index (χ2n) is 3.50. The molecule has 1 aromatic carbocycles. The van der Waals surface area contributed by atoms with Gasteiger partial charge in [-0.3, -0.25) is 4.68 Å². The highest BCUT2D eigenvalue weighted by atomic mass is 35.5. The summed E-state index contributed by atoms with van der Waals surface area (Å²) in [6, 6.07) is 4.28. The van der Waals surface area contributed by atoms with Gasteiger partial charge in [-0.15, -0.1) is 0 Å². The SMILES string of the molecule is Cn1cc(CNc2ccc(F)cc2Cl)cn1. The summed E-state index contributed by atoms with van der Waals surface area (Å²) >= 11 is 5.88. The third kappa shape index (κ3) is 2.52. The number of anilines is 1. The van der Waals surface area contributed by atoms with Gasteiger partial charge in [-0.2, -0.15) is 5.10 Å². The van der Waals surface area contributed by atoms with Crippen molar-refractivity contribution in [1.82, 2.24) is 9.78 Å². The first-order chi connectivity index (χ1) is 7.65. The summed E-state index contributed by atoms with van der Waals surface area (Å²) in [4.78, 5) is 0. The van der Waals surface area contributed by atoms with Crippen LogP contribution in [-0.4, -0.2) is 9.78 Å². The van der Waals surface area contributed by atoms with Crippen LogP contribution in [0.25, 0.3) is 0 Å². The number of nitrogens with one attached hydrogen (secondary N) is 1. The predicted molar refractivity (Wildman–Crippen MR) is 61.9 cm³/mol. The van der Waals surface area contributed by atoms with Crippen molar-refractivity contribution in [2.75, 3.05) is 5.32 Å². The van der Waals surface area contributed by atoms with Crippen LogP contribution in [0.4, 0.5) is 10.1 Å². The standard InChI is InChI=1S/C11H11ClFN3/c1-16-7-8(6-15-16)5-14-11-3-2-9(13)4-10(11)12/h2-4,6-7,14H,5H2,1H3. The molecule has 0 atom stereocenters. The minimum absolute atomic E-state index is 0.336. The minimum Gasteiger partial charge on any atom is -0.380 e. The van der Waals surface area contributed by atoms with Crippen molar-refractivity contribution in [3.63, 3.8) is 0 Å². The third-order valence-corrected chi connectivity index (χ3v) is 2.49. The van der Waals surface area contributed by atoms with E-state index in [0.29, 0.717) is 17.3 Å². The Bertz CT molecular complexity index is 496. The van der Waals surface area contributed by atoms with E-state index in [0.717, 1.165) is 5.56 Å². The van der Waals surface area contributed by atoms with Gasteiger partial charge in [-0.25, -0.2) is 4.39 Å². The van der Waals surface area contributed by atoms with Gasteiger partial charge in [0, 0.05) is 25.4 Å². The fourth-order valence-corrected chi connectivity index (χ4v) is 1.63. The molecule has 1 aromatic heterocycles. The molecule has 0 spiro atoms. The molecule has 3 nitrogen and oxygen atoms in total. The highest BCUT2D eigenvalue weighted by molar-refractivity contribution is 6.33. The third-order valence-electron chi connectivity index (χ3n) is 2.17. The maximum absolute atomic E-state index is 12.8. The lowest BCUT2D eigenvalue weighted by Gasteiger charge is -2.06. The van der Waals surface area contributed by atoms with E-state index in [9.17, 15) is 4.39 Å². The van der Waals surface area contributed by atoms with Crippen molar-refractivity contribution >= 4 is 17.3 Å². The normalized spacial score (nSPS) is 10.4. The summed E-state index contributed by atoms with van der Waals surface area (Å²) < 4.78 is 14.5. The molecule has 0 aliphatic heterocycles. The van der Waals surface area contributed by atoms with E-state index in [1.54, 1.807) is 16.9 Å². The number of hydrogen-bond donors (Lipinski definition) is 1. The average Bonchev–Trinajstić information content (AvgIpc) is 2.63. The topological polar surface area (TPSA) is 29.9 Å². The summed E-state index contributed by atoms with van der Waals surface area (Å²) in [5.41, 5.74) is 1.76. The lowest BCUT2D eigenvalue weighted by Crippen LogP contribution is -1.99. The first-order valence-electron chi connectivity index (χ1n) is 4.81.